The van der Waals surface area contributed by atoms with Crippen molar-refractivity contribution in [2.45, 2.75) is 20.5 Å². The molecular formula is C15H17N3O. The summed E-state index contributed by atoms with van der Waals surface area (Å²) >= 11 is 0. The molecule has 0 aliphatic rings. The molecule has 0 bridgehead atoms. The van der Waals surface area contributed by atoms with Crippen LogP contribution in [0.1, 0.15) is 22.4 Å². The number of nitrogens with zero attached hydrogens (tertiary/aromatic N) is 1. The van der Waals surface area contributed by atoms with E-state index in [0.29, 0.717) is 12.3 Å². The predicted octanol–water partition coefficient (Wildman–Crippen LogP) is 2.56. The molecule has 98 valence electrons. The number of amidine groups is 1. The van der Waals surface area contributed by atoms with Crippen molar-refractivity contribution in [3.05, 3.63) is 58.9 Å². The Morgan fingerprint density at radius 3 is 2.74 bits per heavy atom. The fraction of sp³-hybridized carbons (Fsp3) is 0.200. The summed E-state index contributed by atoms with van der Waals surface area (Å²) in [4.78, 5) is 4.09. The van der Waals surface area contributed by atoms with Gasteiger partial charge in [-0.15, -0.1) is 0 Å². The average Bonchev–Trinajstić information content (AvgIpc) is 2.40. The van der Waals surface area contributed by atoms with Gasteiger partial charge < -0.3 is 10.5 Å². The molecule has 1 aromatic heterocycles. The molecule has 0 saturated heterocycles. The number of rotatable bonds is 4. The fourth-order valence-corrected chi connectivity index (χ4v) is 1.76. The van der Waals surface area contributed by atoms with Gasteiger partial charge in [-0.1, -0.05) is 12.1 Å². The van der Waals surface area contributed by atoms with Gasteiger partial charge in [-0.3, -0.25) is 10.4 Å². The summed E-state index contributed by atoms with van der Waals surface area (Å²) < 4.78 is 5.73. The van der Waals surface area contributed by atoms with Crippen LogP contribution >= 0.6 is 0 Å². The van der Waals surface area contributed by atoms with E-state index in [1.165, 1.54) is 11.1 Å². The van der Waals surface area contributed by atoms with Gasteiger partial charge in [0.25, 0.3) is 0 Å². The maximum atomic E-state index is 7.48. The molecule has 1 heterocycles. The molecule has 4 nitrogen and oxygen atoms in total. The molecule has 0 spiro atoms. The topological polar surface area (TPSA) is 72.0 Å². The average molecular weight is 255 g/mol. The summed E-state index contributed by atoms with van der Waals surface area (Å²) in [5.74, 6) is 0.765. The van der Waals surface area contributed by atoms with Crippen LogP contribution < -0.4 is 10.5 Å². The van der Waals surface area contributed by atoms with Crippen molar-refractivity contribution >= 4 is 5.84 Å². The predicted molar refractivity (Wildman–Crippen MR) is 75.5 cm³/mol. The molecule has 0 aliphatic heterocycles. The summed E-state index contributed by atoms with van der Waals surface area (Å²) in [7, 11) is 0. The number of hydrogen-bond acceptors (Lipinski definition) is 3. The second-order valence-electron chi connectivity index (χ2n) is 4.46. The number of benzene rings is 1. The lowest BCUT2D eigenvalue weighted by Gasteiger charge is -2.10. The van der Waals surface area contributed by atoms with Crippen LogP contribution in [0.15, 0.2) is 36.5 Å². The van der Waals surface area contributed by atoms with Gasteiger partial charge >= 0.3 is 0 Å². The number of ether oxygens (including phenoxy) is 1. The van der Waals surface area contributed by atoms with Crippen molar-refractivity contribution < 1.29 is 4.74 Å². The van der Waals surface area contributed by atoms with E-state index >= 15 is 0 Å². The van der Waals surface area contributed by atoms with Crippen molar-refractivity contribution in [3.8, 4) is 5.75 Å². The van der Waals surface area contributed by atoms with Gasteiger partial charge in [-0.05, 0) is 43.2 Å². The minimum Gasteiger partial charge on any atom is -0.489 e. The van der Waals surface area contributed by atoms with Crippen LogP contribution in [-0.2, 0) is 6.61 Å². The highest BCUT2D eigenvalue weighted by Gasteiger charge is 2.07. The molecule has 2 aromatic rings. The Kier molecular flexibility index (Phi) is 3.80. The minimum absolute atomic E-state index is 0.0423. The lowest BCUT2D eigenvalue weighted by atomic mass is 10.1. The number of nitrogens with one attached hydrogen (secondary N) is 1. The van der Waals surface area contributed by atoms with E-state index < -0.39 is 0 Å². The van der Waals surface area contributed by atoms with Crippen LogP contribution in [0, 0.1) is 19.3 Å². The van der Waals surface area contributed by atoms with Gasteiger partial charge in [-0.25, -0.2) is 0 Å². The van der Waals surface area contributed by atoms with E-state index in [2.05, 4.69) is 11.9 Å². The van der Waals surface area contributed by atoms with E-state index in [4.69, 9.17) is 15.9 Å². The molecule has 0 radical (unpaired) electrons. The summed E-state index contributed by atoms with van der Waals surface area (Å²) in [5, 5.41) is 7.48. The highest BCUT2D eigenvalue weighted by molar-refractivity contribution is 5.94. The maximum Gasteiger partial charge on any atom is 0.142 e. The molecule has 0 atom stereocenters. The first-order valence-corrected chi connectivity index (χ1v) is 6.06. The van der Waals surface area contributed by atoms with Crippen LogP contribution in [0.3, 0.4) is 0 Å². The molecule has 0 aliphatic carbocycles. The van der Waals surface area contributed by atoms with Crippen molar-refractivity contribution in [2.24, 2.45) is 5.73 Å². The van der Waals surface area contributed by atoms with Crippen molar-refractivity contribution in [1.29, 1.82) is 5.41 Å². The fourth-order valence-electron chi connectivity index (χ4n) is 1.76. The second-order valence-corrected chi connectivity index (χ2v) is 4.46. The van der Waals surface area contributed by atoms with E-state index in [0.717, 1.165) is 11.3 Å². The third kappa shape index (κ3) is 3.10. The molecule has 1 aromatic carbocycles. The number of nitrogen functional groups attached to an aromatic ring is 1. The standard InChI is InChI=1S/C15H17N3O/c1-10-5-6-13(8-11(10)2)19-9-12-4-3-7-18-14(12)15(16)17/h3-8H,9H2,1-2H3,(H3,16,17). The van der Waals surface area contributed by atoms with E-state index in [1.807, 2.05) is 37.3 Å². The Morgan fingerprint density at radius 1 is 1.26 bits per heavy atom. The largest absolute Gasteiger partial charge is 0.489 e. The Hall–Kier alpha value is -2.36. The number of aryl methyl sites for hydroxylation is 2. The van der Waals surface area contributed by atoms with Crippen LogP contribution in [0.5, 0.6) is 5.75 Å². The van der Waals surface area contributed by atoms with Gasteiger partial charge in [-0.2, -0.15) is 0 Å². The highest BCUT2D eigenvalue weighted by atomic mass is 16.5. The first-order valence-electron chi connectivity index (χ1n) is 6.06. The minimum atomic E-state index is -0.0423. The van der Waals surface area contributed by atoms with Gasteiger partial charge in [0.05, 0.1) is 0 Å². The molecular weight excluding hydrogens is 238 g/mol. The zero-order valence-corrected chi connectivity index (χ0v) is 11.1. The Morgan fingerprint density at radius 2 is 2.05 bits per heavy atom. The quantitative estimate of drug-likeness (QED) is 0.651. The molecule has 0 unspecified atom stereocenters. The van der Waals surface area contributed by atoms with E-state index in [9.17, 15) is 0 Å². The summed E-state index contributed by atoms with van der Waals surface area (Å²) in [6.45, 7) is 4.46. The van der Waals surface area contributed by atoms with Gasteiger partial charge in [0.15, 0.2) is 0 Å². The lowest BCUT2D eigenvalue weighted by Crippen LogP contribution is -2.16. The molecule has 19 heavy (non-hydrogen) atoms. The Bertz CT molecular complexity index is 608. The molecule has 0 saturated carbocycles. The highest BCUT2D eigenvalue weighted by Crippen LogP contribution is 2.18. The number of nitrogens with two attached hydrogens (primary N) is 1. The monoisotopic (exact) mass is 255 g/mol. The van der Waals surface area contributed by atoms with Gasteiger partial charge in [0.2, 0.25) is 0 Å². The zero-order chi connectivity index (χ0) is 13.8. The first-order chi connectivity index (χ1) is 9.08. The van der Waals surface area contributed by atoms with Gasteiger partial charge in [0.1, 0.15) is 23.9 Å². The van der Waals surface area contributed by atoms with Crippen molar-refractivity contribution in [2.75, 3.05) is 0 Å². The maximum absolute atomic E-state index is 7.48. The third-order valence-corrected chi connectivity index (χ3v) is 3.02. The van der Waals surface area contributed by atoms with Crippen molar-refractivity contribution in [1.82, 2.24) is 4.98 Å². The first kappa shape index (κ1) is 13.1. The third-order valence-electron chi connectivity index (χ3n) is 3.02. The second kappa shape index (κ2) is 5.52. The Labute approximate surface area is 112 Å². The van der Waals surface area contributed by atoms with E-state index in [1.54, 1.807) is 6.20 Å². The van der Waals surface area contributed by atoms with Crippen LogP contribution in [-0.4, -0.2) is 10.8 Å². The van der Waals surface area contributed by atoms with Crippen molar-refractivity contribution in [3.63, 3.8) is 0 Å². The SMILES string of the molecule is Cc1ccc(OCc2cccnc2C(=N)N)cc1C. The summed E-state index contributed by atoms with van der Waals surface area (Å²) in [5.41, 5.74) is 9.21. The number of pyridine rings is 1. The number of hydrogen-bond donors (Lipinski definition) is 2. The zero-order valence-electron chi connectivity index (χ0n) is 11.1. The summed E-state index contributed by atoms with van der Waals surface area (Å²) in [6.07, 6.45) is 1.62. The lowest BCUT2D eigenvalue weighted by molar-refractivity contribution is 0.305. The molecule has 2 rings (SSSR count). The van der Waals surface area contributed by atoms with Crippen LogP contribution in [0.2, 0.25) is 0 Å². The molecule has 0 fully saturated rings. The molecule has 0 amide bonds. The summed E-state index contributed by atoms with van der Waals surface area (Å²) in [6, 6.07) is 9.64. The van der Waals surface area contributed by atoms with Gasteiger partial charge in [0, 0.05) is 11.8 Å². The van der Waals surface area contributed by atoms with Crippen LogP contribution in [0.4, 0.5) is 0 Å². The normalized spacial score (nSPS) is 10.2. The number of aromatic nitrogens is 1. The van der Waals surface area contributed by atoms with Crippen LogP contribution in [0.25, 0.3) is 0 Å². The Balaban J connectivity index is 2.14. The van der Waals surface area contributed by atoms with E-state index in [-0.39, 0.29) is 5.84 Å². The molecule has 3 N–H and O–H groups in total. The smallest absolute Gasteiger partial charge is 0.142 e. The molecule has 4 heteroatoms.